The number of amides is 3. The molecule has 1 atom stereocenters. The monoisotopic (exact) mass is 838 g/mol. The fourth-order valence-corrected chi connectivity index (χ4v) is 6.88. The third-order valence-electron chi connectivity index (χ3n) is 9.73. The molecular formula is C40H49F3N10O7. The van der Waals surface area contributed by atoms with Crippen LogP contribution in [0.1, 0.15) is 67.3 Å². The predicted molar refractivity (Wildman–Crippen MR) is 214 cm³/mol. The van der Waals surface area contributed by atoms with Gasteiger partial charge in [-0.2, -0.15) is 18.3 Å². The van der Waals surface area contributed by atoms with Gasteiger partial charge >= 0.3 is 11.9 Å². The van der Waals surface area contributed by atoms with Crippen molar-refractivity contribution >= 4 is 40.3 Å². The Hall–Kier alpha value is -5.86. The zero-order chi connectivity index (χ0) is 43.0. The Morgan fingerprint density at radius 3 is 2.58 bits per heavy atom. The number of para-hydroxylation sites is 1. The van der Waals surface area contributed by atoms with Gasteiger partial charge in [0.25, 0.3) is 5.91 Å². The van der Waals surface area contributed by atoms with Crippen molar-refractivity contribution in [2.45, 2.75) is 64.7 Å². The van der Waals surface area contributed by atoms with Gasteiger partial charge in [-0.3, -0.25) is 33.5 Å². The summed E-state index contributed by atoms with van der Waals surface area (Å²) in [7, 11) is 3.43. The minimum atomic E-state index is -4.41. The zero-order valence-electron chi connectivity index (χ0n) is 33.9. The molecule has 0 radical (unpaired) electrons. The number of ether oxygens (including phenoxy) is 2. The Morgan fingerprint density at radius 2 is 1.83 bits per heavy atom. The molecule has 1 saturated heterocycles. The van der Waals surface area contributed by atoms with Crippen LogP contribution >= 0.6 is 0 Å². The summed E-state index contributed by atoms with van der Waals surface area (Å²) in [4.78, 5) is 58.5. The van der Waals surface area contributed by atoms with Crippen LogP contribution in [0.15, 0.2) is 58.2 Å². The van der Waals surface area contributed by atoms with Gasteiger partial charge in [-0.25, -0.2) is 14.8 Å². The number of aryl methyl sites for hydroxylation is 3. The molecule has 5 heterocycles. The molecule has 1 aliphatic heterocycles. The lowest BCUT2D eigenvalue weighted by Gasteiger charge is -2.24. The average molecular weight is 839 g/mol. The van der Waals surface area contributed by atoms with E-state index in [1.54, 1.807) is 29.5 Å². The fraction of sp³-hybridized carbons (Fsp3) is 0.475. The third kappa shape index (κ3) is 11.2. The van der Waals surface area contributed by atoms with Crippen LogP contribution in [-0.4, -0.2) is 92.3 Å². The molecular weight excluding hydrogens is 789 g/mol. The van der Waals surface area contributed by atoms with Gasteiger partial charge in [0, 0.05) is 63.6 Å². The normalized spacial score (nSPS) is 14.8. The summed E-state index contributed by atoms with van der Waals surface area (Å²) in [6.45, 7) is 5.94. The Balaban J connectivity index is 0.881. The fourth-order valence-electron chi connectivity index (χ4n) is 6.88. The maximum Gasteiger partial charge on any atom is 0.405 e. The highest BCUT2D eigenvalue weighted by Gasteiger charge is 2.32. The van der Waals surface area contributed by atoms with Crippen molar-refractivity contribution < 1.29 is 41.4 Å². The molecule has 0 saturated carbocycles. The van der Waals surface area contributed by atoms with Crippen LogP contribution in [0.25, 0.3) is 22.5 Å². The maximum absolute atomic E-state index is 13.2. The molecule has 0 bridgehead atoms. The topological polar surface area (TPSA) is 201 Å². The molecule has 322 valence electrons. The molecule has 17 nitrogen and oxygen atoms in total. The number of piperidine rings is 1. The van der Waals surface area contributed by atoms with Crippen LogP contribution in [0.3, 0.4) is 0 Å². The number of imidazole rings is 1. The highest BCUT2D eigenvalue weighted by Crippen LogP contribution is 2.27. The third-order valence-corrected chi connectivity index (χ3v) is 9.73. The van der Waals surface area contributed by atoms with Crippen LogP contribution in [0.5, 0.6) is 0 Å². The Morgan fingerprint density at radius 1 is 1.07 bits per heavy atom. The summed E-state index contributed by atoms with van der Waals surface area (Å²) in [6.07, 6.45) is 2.33. The Labute approximate surface area is 343 Å². The van der Waals surface area contributed by atoms with Crippen molar-refractivity contribution in [3.05, 3.63) is 76.4 Å². The van der Waals surface area contributed by atoms with E-state index in [0.717, 1.165) is 30.2 Å². The van der Waals surface area contributed by atoms with Crippen LogP contribution < -0.4 is 27.0 Å². The molecule has 5 aromatic rings. The van der Waals surface area contributed by atoms with Crippen LogP contribution in [0, 0.1) is 5.41 Å². The molecule has 20 heteroatoms. The van der Waals surface area contributed by atoms with E-state index >= 15 is 0 Å². The number of nitrogens with one attached hydrogen (secondary N) is 4. The molecule has 1 aliphatic rings. The first-order valence-electron chi connectivity index (χ1n) is 19.5. The smallest absolute Gasteiger partial charge is 0.405 e. The molecule has 1 unspecified atom stereocenters. The number of pyridine rings is 1. The first-order chi connectivity index (χ1) is 28.6. The van der Waals surface area contributed by atoms with Crippen LogP contribution in [0.2, 0.25) is 0 Å². The van der Waals surface area contributed by atoms with Gasteiger partial charge in [-0.15, -0.1) is 0 Å². The summed E-state index contributed by atoms with van der Waals surface area (Å²) >= 11 is 0. The standard InChI is InChI=1S/C40H49F3N10O7/c1-39(2,23-58-16-6-9-25-8-5-10-30-34(25)52(4)38(57)53(30)31-11-12-33(54)49-36(31)56)24-59-17-7-14-44-19-27-28(20-51(3)50-27)47-35(55)29-21-60-37(48-29)26-13-15-45-32(18-26)46-22-40(41,42)43/h5,8,10,13,15,18,20-21,31,44H,6-7,9,11-12,14,16-17,19,22-24H2,1-4H3,(H,45,46)(H,47,55)(H,49,54,56). The number of carbonyl (C=O) groups excluding carboxylic acids is 3. The second-order valence-electron chi connectivity index (χ2n) is 15.4. The highest BCUT2D eigenvalue weighted by molar-refractivity contribution is 6.03. The van der Waals surface area contributed by atoms with E-state index in [0.29, 0.717) is 68.4 Å². The minimum Gasteiger partial charge on any atom is -0.444 e. The van der Waals surface area contributed by atoms with E-state index < -0.39 is 30.6 Å². The van der Waals surface area contributed by atoms with E-state index in [9.17, 15) is 32.3 Å². The van der Waals surface area contributed by atoms with Crippen molar-refractivity contribution in [3.8, 4) is 11.5 Å². The van der Waals surface area contributed by atoms with Crippen molar-refractivity contribution in [3.63, 3.8) is 0 Å². The summed E-state index contributed by atoms with van der Waals surface area (Å²) in [5.74, 6) is -1.31. The SMILES string of the molecule is Cn1cc(NC(=O)c2coc(-c3ccnc(NCC(F)(F)F)c3)n2)c(CNCCCOCC(C)(C)COCCCc2cccc3c2n(C)c(=O)n3C2CCC(=O)NC2=O)n1. The molecule has 0 aliphatic carbocycles. The first-order valence-corrected chi connectivity index (χ1v) is 19.5. The van der Waals surface area contributed by atoms with E-state index in [1.165, 1.54) is 22.9 Å². The molecule has 3 amide bonds. The van der Waals surface area contributed by atoms with Gasteiger partial charge in [0.15, 0.2) is 5.69 Å². The molecule has 4 N–H and O–H groups in total. The summed E-state index contributed by atoms with van der Waals surface area (Å²) in [6, 6.07) is 7.81. The molecule has 0 spiro atoms. The van der Waals surface area contributed by atoms with Gasteiger partial charge in [0.2, 0.25) is 17.7 Å². The van der Waals surface area contributed by atoms with Crippen LogP contribution in [-0.2, 0) is 46.1 Å². The summed E-state index contributed by atoms with van der Waals surface area (Å²) < 4.78 is 59.9. The number of imide groups is 1. The summed E-state index contributed by atoms with van der Waals surface area (Å²) in [5, 5.41) is 15.1. The number of fused-ring (bicyclic) bond motifs is 1. The number of anilines is 2. The van der Waals surface area contributed by atoms with Crippen molar-refractivity contribution in [1.82, 2.24) is 39.5 Å². The number of benzene rings is 1. The lowest BCUT2D eigenvalue weighted by atomic mass is 9.96. The molecule has 60 heavy (non-hydrogen) atoms. The van der Waals surface area contributed by atoms with E-state index in [4.69, 9.17) is 13.9 Å². The minimum absolute atomic E-state index is 0.0164. The van der Waals surface area contributed by atoms with E-state index in [1.807, 2.05) is 18.2 Å². The van der Waals surface area contributed by atoms with Crippen molar-refractivity contribution in [1.29, 1.82) is 0 Å². The number of halogens is 3. The zero-order valence-corrected chi connectivity index (χ0v) is 33.9. The van der Waals surface area contributed by atoms with E-state index in [2.05, 4.69) is 50.2 Å². The second-order valence-corrected chi connectivity index (χ2v) is 15.4. The van der Waals surface area contributed by atoms with Crippen molar-refractivity contribution in [2.24, 2.45) is 19.5 Å². The number of hydrogen-bond acceptors (Lipinski definition) is 12. The average Bonchev–Trinajstić information content (AvgIpc) is 3.90. The molecule has 1 fully saturated rings. The highest BCUT2D eigenvalue weighted by atomic mass is 19.4. The van der Waals surface area contributed by atoms with E-state index in [-0.39, 0.29) is 47.3 Å². The number of aromatic nitrogens is 6. The number of nitrogens with zero attached hydrogens (tertiary/aromatic N) is 6. The number of carbonyl (C=O) groups is 3. The van der Waals surface area contributed by atoms with Gasteiger partial charge in [-0.05, 0) is 56.0 Å². The van der Waals surface area contributed by atoms with Gasteiger partial charge in [0.1, 0.15) is 24.7 Å². The van der Waals surface area contributed by atoms with Crippen molar-refractivity contribution in [2.75, 3.05) is 50.2 Å². The quantitative estimate of drug-likeness (QED) is 0.0633. The number of oxazole rings is 1. The molecule has 1 aromatic carbocycles. The number of hydrogen-bond donors (Lipinski definition) is 4. The number of alkyl halides is 3. The maximum atomic E-state index is 13.2. The van der Waals surface area contributed by atoms with Crippen LogP contribution in [0.4, 0.5) is 24.7 Å². The van der Waals surface area contributed by atoms with Gasteiger partial charge in [-0.1, -0.05) is 26.0 Å². The lowest BCUT2D eigenvalue weighted by molar-refractivity contribution is -0.135. The molecule has 6 rings (SSSR count). The lowest BCUT2D eigenvalue weighted by Crippen LogP contribution is -2.44. The predicted octanol–water partition coefficient (Wildman–Crippen LogP) is 4.50. The van der Waals surface area contributed by atoms with Gasteiger partial charge < -0.3 is 29.8 Å². The second kappa shape index (κ2) is 19.0. The van der Waals surface area contributed by atoms with Gasteiger partial charge in [0.05, 0.1) is 35.6 Å². The number of rotatable bonds is 20. The Bertz CT molecular complexity index is 2360. The molecule has 4 aromatic heterocycles. The summed E-state index contributed by atoms with van der Waals surface area (Å²) in [5.41, 5.74) is 3.31. The largest absolute Gasteiger partial charge is 0.444 e. The Kier molecular flexibility index (Phi) is 13.9. The first kappa shape index (κ1) is 43.7.